The minimum atomic E-state index is -0.375. The number of hydrogen-bond acceptors (Lipinski definition) is 2. The molecule has 16 heavy (non-hydrogen) atoms. The fraction of sp³-hybridized carbons (Fsp3) is 0.923. The summed E-state index contributed by atoms with van der Waals surface area (Å²) >= 11 is 0. The molecule has 1 amide bonds. The second-order valence-corrected chi connectivity index (χ2v) is 6.67. The molecule has 3 heteroatoms. The molecule has 2 rings (SSSR count). The second kappa shape index (κ2) is 3.64. The maximum absolute atomic E-state index is 11.9. The fourth-order valence-corrected chi connectivity index (χ4v) is 3.17. The molecule has 0 bridgehead atoms. The Morgan fingerprint density at radius 1 is 1.38 bits per heavy atom. The van der Waals surface area contributed by atoms with Crippen molar-refractivity contribution in [1.82, 2.24) is 4.90 Å². The predicted octanol–water partition coefficient (Wildman–Crippen LogP) is 3.04. The number of amides is 1. The lowest BCUT2D eigenvalue weighted by atomic mass is 9.62. The highest BCUT2D eigenvalue weighted by atomic mass is 16.6. The number of carbonyl (C=O) groups excluding carboxylic acids is 1. The van der Waals surface area contributed by atoms with Crippen LogP contribution in [-0.4, -0.2) is 29.7 Å². The Labute approximate surface area is 98.1 Å². The van der Waals surface area contributed by atoms with Crippen LogP contribution >= 0.6 is 0 Å². The number of carbonyl (C=O) groups is 1. The summed E-state index contributed by atoms with van der Waals surface area (Å²) in [4.78, 5) is 13.8. The normalized spacial score (nSPS) is 34.0. The van der Waals surface area contributed by atoms with Crippen LogP contribution in [0.1, 0.15) is 47.0 Å². The largest absolute Gasteiger partial charge is 0.444 e. The van der Waals surface area contributed by atoms with Crippen molar-refractivity contribution in [2.45, 2.75) is 52.6 Å². The van der Waals surface area contributed by atoms with E-state index in [4.69, 9.17) is 4.74 Å². The molecule has 0 N–H and O–H groups in total. The average molecular weight is 225 g/mol. The van der Waals surface area contributed by atoms with Crippen molar-refractivity contribution < 1.29 is 9.53 Å². The topological polar surface area (TPSA) is 29.5 Å². The minimum absolute atomic E-state index is 0.135. The second-order valence-electron chi connectivity index (χ2n) is 6.67. The average Bonchev–Trinajstić information content (AvgIpc) is 2.45. The third-order valence-corrected chi connectivity index (χ3v) is 3.65. The smallest absolute Gasteiger partial charge is 0.410 e. The molecule has 2 fully saturated rings. The van der Waals surface area contributed by atoms with Gasteiger partial charge in [0.05, 0.1) is 0 Å². The molecule has 1 spiro atoms. The summed E-state index contributed by atoms with van der Waals surface area (Å²) in [6, 6.07) is 0. The third-order valence-electron chi connectivity index (χ3n) is 3.65. The molecule has 1 heterocycles. The van der Waals surface area contributed by atoms with Gasteiger partial charge in [-0.2, -0.15) is 0 Å². The van der Waals surface area contributed by atoms with Crippen LogP contribution in [0.15, 0.2) is 0 Å². The van der Waals surface area contributed by atoms with Gasteiger partial charge in [0, 0.05) is 13.1 Å². The molecule has 0 radical (unpaired) electrons. The molecule has 0 aromatic rings. The van der Waals surface area contributed by atoms with Crippen LogP contribution in [0.2, 0.25) is 0 Å². The van der Waals surface area contributed by atoms with E-state index in [0.717, 1.165) is 25.4 Å². The van der Waals surface area contributed by atoms with Gasteiger partial charge in [0.15, 0.2) is 0 Å². The van der Waals surface area contributed by atoms with Crippen molar-refractivity contribution in [3.63, 3.8) is 0 Å². The molecule has 0 unspecified atom stereocenters. The Balaban J connectivity index is 1.87. The van der Waals surface area contributed by atoms with E-state index in [1.54, 1.807) is 0 Å². The van der Waals surface area contributed by atoms with Crippen LogP contribution in [0.25, 0.3) is 0 Å². The Morgan fingerprint density at radius 3 is 2.50 bits per heavy atom. The standard InChI is InChI=1S/C13H23NO2/c1-10-7-13(8-10)5-6-14(9-13)11(15)16-12(2,3)4/h10H,5-9H2,1-4H3. The Hall–Kier alpha value is -0.730. The lowest BCUT2D eigenvalue weighted by Gasteiger charge is -2.43. The first kappa shape index (κ1) is 11.7. The Morgan fingerprint density at radius 2 is 2.00 bits per heavy atom. The molecule has 1 saturated heterocycles. The van der Waals surface area contributed by atoms with Gasteiger partial charge in [0.2, 0.25) is 0 Å². The molecule has 3 nitrogen and oxygen atoms in total. The van der Waals surface area contributed by atoms with Crippen LogP contribution in [0.3, 0.4) is 0 Å². The van der Waals surface area contributed by atoms with E-state index < -0.39 is 0 Å². The molecular weight excluding hydrogens is 202 g/mol. The maximum Gasteiger partial charge on any atom is 0.410 e. The van der Waals surface area contributed by atoms with E-state index in [0.29, 0.717) is 5.41 Å². The van der Waals surface area contributed by atoms with Gasteiger partial charge < -0.3 is 9.64 Å². The molecule has 0 atom stereocenters. The van der Waals surface area contributed by atoms with Crippen molar-refractivity contribution in [3.8, 4) is 0 Å². The van der Waals surface area contributed by atoms with Gasteiger partial charge in [-0.25, -0.2) is 4.79 Å². The zero-order valence-electron chi connectivity index (χ0n) is 10.9. The van der Waals surface area contributed by atoms with Gasteiger partial charge in [0.1, 0.15) is 5.60 Å². The first-order valence-corrected chi connectivity index (χ1v) is 6.28. The molecule has 1 saturated carbocycles. The van der Waals surface area contributed by atoms with Crippen LogP contribution in [-0.2, 0) is 4.74 Å². The van der Waals surface area contributed by atoms with Gasteiger partial charge in [0.25, 0.3) is 0 Å². The molecule has 92 valence electrons. The summed E-state index contributed by atoms with van der Waals surface area (Å²) < 4.78 is 5.40. The zero-order chi connectivity index (χ0) is 12.0. The van der Waals surface area contributed by atoms with Crippen LogP contribution in [0.4, 0.5) is 4.79 Å². The molecular formula is C13H23NO2. The monoisotopic (exact) mass is 225 g/mol. The number of nitrogens with zero attached hydrogens (tertiary/aromatic N) is 1. The fourth-order valence-electron chi connectivity index (χ4n) is 3.17. The van der Waals surface area contributed by atoms with Crippen molar-refractivity contribution in [2.75, 3.05) is 13.1 Å². The van der Waals surface area contributed by atoms with E-state index >= 15 is 0 Å². The Bertz CT molecular complexity index is 287. The summed E-state index contributed by atoms with van der Waals surface area (Å²) in [5.74, 6) is 0.846. The molecule has 2 aliphatic rings. The first-order valence-electron chi connectivity index (χ1n) is 6.28. The van der Waals surface area contributed by atoms with Gasteiger partial charge in [-0.05, 0) is 51.4 Å². The summed E-state index contributed by atoms with van der Waals surface area (Å²) in [5.41, 5.74) is 0.0655. The number of likely N-dealkylation sites (tertiary alicyclic amines) is 1. The van der Waals surface area contributed by atoms with Crippen molar-refractivity contribution in [3.05, 3.63) is 0 Å². The summed E-state index contributed by atoms with van der Waals surface area (Å²) in [7, 11) is 0. The van der Waals surface area contributed by atoms with Gasteiger partial charge in [-0.15, -0.1) is 0 Å². The lowest BCUT2D eigenvalue weighted by Crippen LogP contribution is -2.41. The predicted molar refractivity (Wildman–Crippen MR) is 63.3 cm³/mol. The number of rotatable bonds is 0. The highest BCUT2D eigenvalue weighted by Crippen LogP contribution is 2.51. The molecule has 1 aliphatic heterocycles. The SMILES string of the molecule is CC1CC2(CCN(C(=O)OC(C)(C)C)C2)C1. The van der Waals surface area contributed by atoms with E-state index in [1.165, 1.54) is 12.8 Å². The number of ether oxygens (including phenoxy) is 1. The molecule has 0 aromatic carbocycles. The van der Waals surface area contributed by atoms with E-state index in [9.17, 15) is 4.79 Å². The zero-order valence-corrected chi connectivity index (χ0v) is 10.9. The summed E-state index contributed by atoms with van der Waals surface area (Å²) in [5, 5.41) is 0. The molecule has 1 aliphatic carbocycles. The van der Waals surface area contributed by atoms with Gasteiger partial charge >= 0.3 is 6.09 Å². The number of hydrogen-bond donors (Lipinski definition) is 0. The maximum atomic E-state index is 11.9. The quantitative estimate of drug-likeness (QED) is 0.634. The highest BCUT2D eigenvalue weighted by Gasteiger charge is 2.48. The Kier molecular flexibility index (Phi) is 2.67. The van der Waals surface area contributed by atoms with Crippen LogP contribution < -0.4 is 0 Å². The van der Waals surface area contributed by atoms with Crippen LogP contribution in [0.5, 0.6) is 0 Å². The van der Waals surface area contributed by atoms with Crippen molar-refractivity contribution >= 4 is 6.09 Å². The van der Waals surface area contributed by atoms with Gasteiger partial charge in [-0.3, -0.25) is 0 Å². The summed E-state index contributed by atoms with van der Waals surface area (Å²) in [6.07, 6.45) is 3.60. The van der Waals surface area contributed by atoms with Crippen molar-refractivity contribution in [2.24, 2.45) is 11.3 Å². The summed E-state index contributed by atoms with van der Waals surface area (Å²) in [6.45, 7) is 9.84. The minimum Gasteiger partial charge on any atom is -0.444 e. The van der Waals surface area contributed by atoms with Gasteiger partial charge in [-0.1, -0.05) is 6.92 Å². The van der Waals surface area contributed by atoms with E-state index in [-0.39, 0.29) is 11.7 Å². The van der Waals surface area contributed by atoms with E-state index in [2.05, 4.69) is 6.92 Å². The van der Waals surface area contributed by atoms with Crippen molar-refractivity contribution in [1.29, 1.82) is 0 Å². The third kappa shape index (κ3) is 2.33. The van der Waals surface area contributed by atoms with E-state index in [1.807, 2.05) is 25.7 Å². The highest BCUT2D eigenvalue weighted by molar-refractivity contribution is 5.68. The molecule has 0 aromatic heterocycles. The first-order chi connectivity index (χ1) is 7.30. The van der Waals surface area contributed by atoms with Crippen LogP contribution in [0, 0.1) is 11.3 Å². The lowest BCUT2D eigenvalue weighted by molar-refractivity contribution is 0.0199.